The van der Waals surface area contributed by atoms with Gasteiger partial charge in [0, 0.05) is 44.7 Å². The molecule has 2 N–H and O–H groups in total. The van der Waals surface area contributed by atoms with Gasteiger partial charge in [-0.3, -0.25) is 9.59 Å². The fourth-order valence-corrected chi connectivity index (χ4v) is 6.23. The van der Waals surface area contributed by atoms with Gasteiger partial charge < -0.3 is 25.0 Å². The van der Waals surface area contributed by atoms with E-state index in [-0.39, 0.29) is 36.3 Å². The number of fused-ring (bicyclic) bond motifs is 2. The van der Waals surface area contributed by atoms with Gasteiger partial charge in [-0.1, -0.05) is 54.6 Å². The molecular formula is C34H37BrFN3O4. The Morgan fingerprint density at radius 2 is 1.86 bits per heavy atom. The first kappa shape index (κ1) is 30.9. The second kappa shape index (κ2) is 13.8. The summed E-state index contributed by atoms with van der Waals surface area (Å²) < 4.78 is 20.0. The van der Waals surface area contributed by atoms with Crippen molar-refractivity contribution in [1.29, 1.82) is 0 Å². The van der Waals surface area contributed by atoms with Crippen LogP contribution in [-0.4, -0.2) is 72.1 Å². The third kappa shape index (κ3) is 7.52. The van der Waals surface area contributed by atoms with Gasteiger partial charge in [-0.15, -0.1) is 0 Å². The van der Waals surface area contributed by atoms with Gasteiger partial charge in [0.2, 0.25) is 5.91 Å². The van der Waals surface area contributed by atoms with Gasteiger partial charge in [-0.05, 0) is 69.6 Å². The van der Waals surface area contributed by atoms with Gasteiger partial charge in [0.05, 0.1) is 29.8 Å². The van der Waals surface area contributed by atoms with Crippen LogP contribution in [0.3, 0.4) is 0 Å². The van der Waals surface area contributed by atoms with Crippen molar-refractivity contribution in [2.45, 2.75) is 44.4 Å². The molecule has 0 spiro atoms. The van der Waals surface area contributed by atoms with Gasteiger partial charge in [-0.25, -0.2) is 4.39 Å². The lowest BCUT2D eigenvalue weighted by Crippen LogP contribution is -2.61. The SMILES string of the molecule is CC(=O)N1C[C@H]2CC(c3ccc(CCCOc4cc(F)ccc4Br)cc3)=C(C(=O)N(C)C[C@@H](O)c3ccccc3)[C@@H](C1)N2. The highest BCUT2D eigenvalue weighted by atomic mass is 79.9. The smallest absolute Gasteiger partial charge is 0.251 e. The predicted octanol–water partition coefficient (Wildman–Crippen LogP) is 5.14. The van der Waals surface area contributed by atoms with E-state index < -0.39 is 6.10 Å². The largest absolute Gasteiger partial charge is 0.492 e. The van der Waals surface area contributed by atoms with E-state index in [1.807, 2.05) is 35.2 Å². The third-order valence-corrected chi connectivity index (χ3v) is 8.78. The van der Waals surface area contributed by atoms with Crippen LogP contribution in [0.5, 0.6) is 5.75 Å². The number of aliphatic hydroxyl groups is 1. The van der Waals surface area contributed by atoms with E-state index in [2.05, 4.69) is 45.5 Å². The number of rotatable bonds is 10. The molecule has 0 aromatic heterocycles. The number of carbonyl (C=O) groups excluding carboxylic acids is 2. The summed E-state index contributed by atoms with van der Waals surface area (Å²) in [5.41, 5.74) is 4.50. The fourth-order valence-electron chi connectivity index (χ4n) is 5.87. The first-order valence-corrected chi connectivity index (χ1v) is 15.4. The summed E-state index contributed by atoms with van der Waals surface area (Å²) >= 11 is 3.39. The van der Waals surface area contributed by atoms with E-state index in [4.69, 9.17) is 4.74 Å². The average molecular weight is 651 g/mol. The molecule has 2 heterocycles. The van der Waals surface area contributed by atoms with Gasteiger partial charge >= 0.3 is 0 Å². The van der Waals surface area contributed by atoms with Crippen molar-refractivity contribution >= 4 is 33.3 Å². The minimum atomic E-state index is -0.811. The number of aryl methyl sites for hydroxylation is 1. The Balaban J connectivity index is 1.32. The molecule has 3 atom stereocenters. The van der Waals surface area contributed by atoms with Gasteiger partial charge in [0.15, 0.2) is 0 Å². The Morgan fingerprint density at radius 1 is 1.12 bits per heavy atom. The van der Waals surface area contributed by atoms with Crippen LogP contribution in [0, 0.1) is 5.82 Å². The maximum Gasteiger partial charge on any atom is 0.251 e. The maximum absolute atomic E-state index is 14.0. The molecular weight excluding hydrogens is 613 g/mol. The lowest BCUT2D eigenvalue weighted by Gasteiger charge is -2.44. The number of piperazine rings is 1. The number of nitrogens with zero attached hydrogens (tertiary/aromatic N) is 2. The zero-order valence-corrected chi connectivity index (χ0v) is 26.0. The Bertz CT molecular complexity index is 1480. The van der Waals surface area contributed by atoms with Crippen molar-refractivity contribution in [1.82, 2.24) is 15.1 Å². The van der Waals surface area contributed by atoms with E-state index in [9.17, 15) is 19.1 Å². The van der Waals surface area contributed by atoms with Gasteiger partial charge in [0.25, 0.3) is 5.91 Å². The summed E-state index contributed by atoms with van der Waals surface area (Å²) in [6, 6.07) is 21.7. The number of halogens is 2. The van der Waals surface area contributed by atoms with Crippen LogP contribution < -0.4 is 10.1 Å². The molecule has 0 radical (unpaired) electrons. The number of ether oxygens (including phenoxy) is 1. The molecule has 1 saturated heterocycles. The zero-order chi connectivity index (χ0) is 30.5. The summed E-state index contributed by atoms with van der Waals surface area (Å²) in [4.78, 5) is 29.7. The van der Waals surface area contributed by atoms with E-state index in [1.165, 1.54) is 12.1 Å². The van der Waals surface area contributed by atoms with Crippen LogP contribution >= 0.6 is 15.9 Å². The van der Waals surface area contributed by atoms with Crippen molar-refractivity contribution in [2.24, 2.45) is 0 Å². The van der Waals surface area contributed by atoms with Crippen molar-refractivity contribution < 1.29 is 23.8 Å². The molecule has 3 aromatic rings. The zero-order valence-electron chi connectivity index (χ0n) is 24.4. The molecule has 7 nitrogen and oxygen atoms in total. The highest BCUT2D eigenvalue weighted by Crippen LogP contribution is 2.34. The number of benzene rings is 3. The van der Waals surface area contributed by atoms with E-state index in [1.54, 1.807) is 24.9 Å². The molecule has 9 heteroatoms. The second-order valence-corrected chi connectivity index (χ2v) is 12.1. The van der Waals surface area contributed by atoms with Crippen molar-refractivity contribution in [3.63, 3.8) is 0 Å². The maximum atomic E-state index is 14.0. The molecule has 0 unspecified atom stereocenters. The molecule has 226 valence electrons. The molecule has 43 heavy (non-hydrogen) atoms. The molecule has 0 aliphatic carbocycles. The standard InChI is InChI=1S/C34H37BrFN3O4/c1-22(40)39-19-27-18-28(24-12-10-23(11-13-24)7-6-16-43-32-17-26(36)14-15-29(32)35)33(30(20-39)37-27)34(42)38(2)21-31(41)25-8-4-3-5-9-25/h3-5,8-15,17,27,30-31,37,41H,6-7,16,18-21H2,1-2H3/t27-,30-,31-/m1/s1. The lowest BCUT2D eigenvalue weighted by atomic mass is 9.82. The number of carbonyl (C=O) groups is 2. The fraction of sp³-hybridized carbons (Fsp3) is 0.353. The van der Waals surface area contributed by atoms with Crippen LogP contribution in [0.15, 0.2) is 82.8 Å². The van der Waals surface area contributed by atoms with Crippen molar-refractivity contribution in [2.75, 3.05) is 33.3 Å². The number of hydrogen-bond donors (Lipinski definition) is 2. The molecule has 2 amide bonds. The topological polar surface area (TPSA) is 82.1 Å². The van der Waals surface area contributed by atoms with E-state index >= 15 is 0 Å². The highest BCUT2D eigenvalue weighted by molar-refractivity contribution is 9.10. The van der Waals surface area contributed by atoms with Gasteiger partial charge in [0.1, 0.15) is 11.6 Å². The molecule has 0 saturated carbocycles. The minimum absolute atomic E-state index is 0.00214. The van der Waals surface area contributed by atoms with E-state index in [0.717, 1.165) is 39.6 Å². The van der Waals surface area contributed by atoms with Crippen molar-refractivity contribution in [3.05, 3.63) is 105 Å². The normalized spacial score (nSPS) is 18.8. The Kier molecular flexibility index (Phi) is 9.95. The number of likely N-dealkylation sites (N-methyl/N-ethyl adjacent to an activating group) is 1. The lowest BCUT2D eigenvalue weighted by molar-refractivity contribution is -0.132. The third-order valence-electron chi connectivity index (χ3n) is 8.12. The summed E-state index contributed by atoms with van der Waals surface area (Å²) in [6.45, 7) is 3.19. The predicted molar refractivity (Wildman–Crippen MR) is 168 cm³/mol. The molecule has 2 aliphatic rings. The Morgan fingerprint density at radius 3 is 2.58 bits per heavy atom. The molecule has 5 rings (SSSR count). The summed E-state index contributed by atoms with van der Waals surface area (Å²) in [6.07, 6.45) is 1.36. The Hall–Kier alpha value is -3.53. The average Bonchev–Trinajstić information content (AvgIpc) is 3.01. The molecule has 2 aliphatic heterocycles. The molecule has 2 bridgehead atoms. The number of amides is 2. The minimum Gasteiger partial charge on any atom is -0.492 e. The highest BCUT2D eigenvalue weighted by Gasteiger charge is 2.40. The Labute approximate surface area is 260 Å². The summed E-state index contributed by atoms with van der Waals surface area (Å²) in [5.74, 6) is -0.00939. The van der Waals surface area contributed by atoms with Crippen LogP contribution in [0.25, 0.3) is 5.57 Å². The summed E-state index contributed by atoms with van der Waals surface area (Å²) in [7, 11) is 1.71. The number of nitrogens with one attached hydrogen (secondary N) is 1. The number of hydrogen-bond acceptors (Lipinski definition) is 5. The van der Waals surface area contributed by atoms with Crippen LogP contribution in [0.1, 0.15) is 42.6 Å². The van der Waals surface area contributed by atoms with Crippen LogP contribution in [-0.2, 0) is 16.0 Å². The first-order chi connectivity index (χ1) is 20.7. The summed E-state index contributed by atoms with van der Waals surface area (Å²) in [5, 5.41) is 14.4. The van der Waals surface area contributed by atoms with Gasteiger partial charge in [-0.2, -0.15) is 0 Å². The van der Waals surface area contributed by atoms with Crippen LogP contribution in [0.4, 0.5) is 4.39 Å². The quantitative estimate of drug-likeness (QED) is 0.297. The molecule has 3 aromatic carbocycles. The van der Waals surface area contributed by atoms with Crippen molar-refractivity contribution in [3.8, 4) is 5.75 Å². The second-order valence-electron chi connectivity index (χ2n) is 11.3. The molecule has 1 fully saturated rings. The van der Waals surface area contributed by atoms with E-state index in [0.29, 0.717) is 37.4 Å². The first-order valence-electron chi connectivity index (χ1n) is 14.6. The monoisotopic (exact) mass is 649 g/mol. The number of aliphatic hydroxyl groups excluding tert-OH is 1. The van der Waals surface area contributed by atoms with Crippen LogP contribution in [0.2, 0.25) is 0 Å².